The lowest BCUT2D eigenvalue weighted by Gasteiger charge is -2.22. The highest BCUT2D eigenvalue weighted by molar-refractivity contribution is 5.97. The molecule has 0 aliphatic carbocycles. The summed E-state index contributed by atoms with van der Waals surface area (Å²) in [4.78, 5) is 28.8. The van der Waals surface area contributed by atoms with Crippen LogP contribution in [0, 0.1) is 24.6 Å². The molecule has 7 heteroatoms. The van der Waals surface area contributed by atoms with Gasteiger partial charge in [0.25, 0.3) is 5.91 Å². The van der Waals surface area contributed by atoms with E-state index in [1.54, 1.807) is 6.07 Å². The number of fused-ring (bicyclic) bond motifs is 2. The van der Waals surface area contributed by atoms with Crippen molar-refractivity contribution in [3.05, 3.63) is 53.7 Å². The molecule has 1 aromatic carbocycles. The Kier molecular flexibility index (Phi) is 3.63. The van der Waals surface area contributed by atoms with Crippen molar-refractivity contribution in [1.82, 2.24) is 19.9 Å². The van der Waals surface area contributed by atoms with Gasteiger partial charge in [0.15, 0.2) is 0 Å². The summed E-state index contributed by atoms with van der Waals surface area (Å²) in [7, 11) is 0. The summed E-state index contributed by atoms with van der Waals surface area (Å²) in [6, 6.07) is 8.81. The summed E-state index contributed by atoms with van der Waals surface area (Å²) >= 11 is 0. The van der Waals surface area contributed by atoms with E-state index < -0.39 is 0 Å². The number of halogens is 1. The fourth-order valence-electron chi connectivity index (χ4n) is 4.35. The van der Waals surface area contributed by atoms with E-state index in [1.807, 2.05) is 30.0 Å². The maximum Gasteiger partial charge on any atom is 0.253 e. The number of hydrogen-bond acceptors (Lipinski definition) is 4. The molecule has 0 bridgehead atoms. The minimum absolute atomic E-state index is 0.0741. The molecule has 3 aromatic rings. The number of imidazole rings is 1. The van der Waals surface area contributed by atoms with E-state index in [9.17, 15) is 9.18 Å². The number of aromatic nitrogens is 3. The normalized spacial score (nSPS) is 21.9. The molecular weight excluding hydrogens is 345 g/mol. The van der Waals surface area contributed by atoms with Crippen LogP contribution in [0.2, 0.25) is 0 Å². The van der Waals surface area contributed by atoms with Crippen LogP contribution in [-0.2, 0) is 0 Å². The Morgan fingerprint density at radius 1 is 1.15 bits per heavy atom. The first-order valence-electron chi connectivity index (χ1n) is 9.19. The standard InChI is InChI=1S/C20H20FN5O/c1-12-23-17-4-2-13(6-18(17)24-12)20(27)26-10-14-8-25(9-15(14)11-26)19-5-3-16(21)7-22-19/h2-7,14-15H,8-11H2,1H3,(H,23,24). The van der Waals surface area contributed by atoms with E-state index in [1.165, 1.54) is 12.3 Å². The summed E-state index contributed by atoms with van der Waals surface area (Å²) in [6.07, 6.45) is 1.26. The van der Waals surface area contributed by atoms with E-state index in [4.69, 9.17) is 0 Å². The summed E-state index contributed by atoms with van der Waals surface area (Å²) < 4.78 is 13.1. The van der Waals surface area contributed by atoms with Crippen molar-refractivity contribution in [3.8, 4) is 0 Å². The van der Waals surface area contributed by atoms with Crippen LogP contribution in [0.25, 0.3) is 11.0 Å². The van der Waals surface area contributed by atoms with Gasteiger partial charge in [-0.3, -0.25) is 4.79 Å². The van der Waals surface area contributed by atoms with Crippen molar-refractivity contribution in [1.29, 1.82) is 0 Å². The van der Waals surface area contributed by atoms with Gasteiger partial charge in [-0.1, -0.05) is 0 Å². The van der Waals surface area contributed by atoms with Crippen molar-refractivity contribution in [2.45, 2.75) is 6.92 Å². The highest BCUT2D eigenvalue weighted by Gasteiger charge is 2.42. The van der Waals surface area contributed by atoms with Crippen LogP contribution >= 0.6 is 0 Å². The second-order valence-corrected chi connectivity index (χ2v) is 7.52. The third kappa shape index (κ3) is 2.83. The van der Waals surface area contributed by atoms with Gasteiger partial charge in [0.05, 0.1) is 17.2 Å². The monoisotopic (exact) mass is 365 g/mol. The number of carbonyl (C=O) groups excluding carboxylic acids is 1. The van der Waals surface area contributed by atoms with Crippen molar-refractivity contribution in [3.63, 3.8) is 0 Å². The molecule has 0 radical (unpaired) electrons. The van der Waals surface area contributed by atoms with Crippen LogP contribution in [0.1, 0.15) is 16.2 Å². The molecule has 2 saturated heterocycles. The Morgan fingerprint density at radius 3 is 2.63 bits per heavy atom. The molecule has 2 aromatic heterocycles. The van der Waals surface area contributed by atoms with Gasteiger partial charge in [0.2, 0.25) is 0 Å². The van der Waals surface area contributed by atoms with Crippen LogP contribution in [0.4, 0.5) is 10.2 Å². The van der Waals surface area contributed by atoms with E-state index in [2.05, 4.69) is 19.9 Å². The van der Waals surface area contributed by atoms with E-state index >= 15 is 0 Å². The van der Waals surface area contributed by atoms with Gasteiger partial charge in [-0.15, -0.1) is 0 Å². The predicted octanol–water partition coefficient (Wildman–Crippen LogP) is 2.61. The van der Waals surface area contributed by atoms with Crippen molar-refractivity contribution in [2.75, 3.05) is 31.1 Å². The zero-order valence-corrected chi connectivity index (χ0v) is 15.0. The van der Waals surface area contributed by atoms with Gasteiger partial charge in [-0.25, -0.2) is 14.4 Å². The average molecular weight is 365 g/mol. The Bertz CT molecular complexity index is 1000. The SMILES string of the molecule is Cc1nc2ccc(C(=O)N3CC4CN(c5ccc(F)cn5)CC4C3)cc2[nH]1. The minimum Gasteiger partial charge on any atom is -0.356 e. The van der Waals surface area contributed by atoms with Crippen molar-refractivity contribution in [2.24, 2.45) is 11.8 Å². The maximum absolute atomic E-state index is 13.1. The zero-order valence-electron chi connectivity index (χ0n) is 15.0. The van der Waals surface area contributed by atoms with Gasteiger partial charge in [0, 0.05) is 43.6 Å². The number of carbonyl (C=O) groups is 1. The lowest BCUT2D eigenvalue weighted by atomic mass is 10.0. The first-order valence-corrected chi connectivity index (χ1v) is 9.19. The van der Waals surface area contributed by atoms with Gasteiger partial charge in [-0.05, 0) is 37.3 Å². The highest BCUT2D eigenvalue weighted by atomic mass is 19.1. The molecular formula is C20H20FN5O. The number of hydrogen-bond donors (Lipinski definition) is 1. The number of aryl methyl sites for hydroxylation is 1. The molecule has 5 rings (SSSR count). The third-order valence-corrected chi connectivity index (χ3v) is 5.66. The largest absolute Gasteiger partial charge is 0.356 e. The lowest BCUT2D eigenvalue weighted by Crippen LogP contribution is -2.33. The fraction of sp³-hybridized carbons (Fsp3) is 0.350. The first kappa shape index (κ1) is 16.2. The van der Waals surface area contributed by atoms with E-state index in [0.717, 1.165) is 48.9 Å². The van der Waals surface area contributed by atoms with Gasteiger partial charge in [0.1, 0.15) is 17.5 Å². The van der Waals surface area contributed by atoms with E-state index in [0.29, 0.717) is 17.4 Å². The average Bonchev–Trinajstić information content (AvgIpc) is 3.32. The summed E-state index contributed by atoms with van der Waals surface area (Å²) in [5.41, 5.74) is 2.47. The van der Waals surface area contributed by atoms with Crippen LogP contribution < -0.4 is 4.90 Å². The van der Waals surface area contributed by atoms with Crippen LogP contribution in [-0.4, -0.2) is 51.9 Å². The number of rotatable bonds is 2. The highest BCUT2D eigenvalue weighted by Crippen LogP contribution is 2.34. The molecule has 2 unspecified atom stereocenters. The number of nitrogens with zero attached hydrogens (tertiary/aromatic N) is 4. The predicted molar refractivity (Wildman–Crippen MR) is 100 cm³/mol. The molecule has 2 fully saturated rings. The Hall–Kier alpha value is -2.96. The summed E-state index contributed by atoms with van der Waals surface area (Å²) in [6.45, 7) is 5.12. The molecule has 1 amide bonds. The number of anilines is 1. The zero-order chi connectivity index (χ0) is 18.5. The molecule has 2 atom stereocenters. The molecule has 1 N–H and O–H groups in total. The lowest BCUT2D eigenvalue weighted by molar-refractivity contribution is 0.0782. The maximum atomic E-state index is 13.1. The minimum atomic E-state index is -0.320. The number of pyridine rings is 1. The number of nitrogens with one attached hydrogen (secondary N) is 1. The summed E-state index contributed by atoms with van der Waals surface area (Å²) in [5, 5.41) is 0. The molecule has 27 heavy (non-hydrogen) atoms. The van der Waals surface area contributed by atoms with Gasteiger partial charge in [-0.2, -0.15) is 0 Å². The molecule has 4 heterocycles. The Morgan fingerprint density at radius 2 is 1.93 bits per heavy atom. The third-order valence-electron chi connectivity index (χ3n) is 5.66. The number of likely N-dealkylation sites (tertiary alicyclic amines) is 1. The van der Waals surface area contributed by atoms with Gasteiger partial charge < -0.3 is 14.8 Å². The number of H-pyrrole nitrogens is 1. The number of amides is 1. The van der Waals surface area contributed by atoms with Crippen LogP contribution in [0.3, 0.4) is 0 Å². The molecule has 2 aliphatic rings. The Balaban J connectivity index is 1.29. The molecule has 0 saturated carbocycles. The quantitative estimate of drug-likeness (QED) is 0.758. The molecule has 0 spiro atoms. The smallest absolute Gasteiger partial charge is 0.253 e. The van der Waals surface area contributed by atoms with Crippen LogP contribution in [0.15, 0.2) is 36.5 Å². The van der Waals surface area contributed by atoms with Crippen LogP contribution in [0.5, 0.6) is 0 Å². The van der Waals surface area contributed by atoms with Crippen molar-refractivity contribution >= 4 is 22.8 Å². The second kappa shape index (κ2) is 6.04. The Labute approximate surface area is 156 Å². The molecule has 6 nitrogen and oxygen atoms in total. The van der Waals surface area contributed by atoms with Crippen molar-refractivity contribution < 1.29 is 9.18 Å². The number of benzene rings is 1. The topological polar surface area (TPSA) is 65.1 Å². The summed E-state index contributed by atoms with van der Waals surface area (Å²) in [5.74, 6) is 2.27. The first-order chi connectivity index (χ1) is 13.1. The van der Waals surface area contributed by atoms with E-state index in [-0.39, 0.29) is 11.7 Å². The second-order valence-electron chi connectivity index (χ2n) is 7.52. The van der Waals surface area contributed by atoms with Gasteiger partial charge >= 0.3 is 0 Å². The molecule has 138 valence electrons. The fourth-order valence-corrected chi connectivity index (χ4v) is 4.35. The number of aromatic amines is 1. The molecule has 2 aliphatic heterocycles.